The molecule has 2 fully saturated rings. The fraction of sp³-hybridized carbons (Fsp3) is 0.450. The molecule has 1 aromatic heterocycles. The van der Waals surface area contributed by atoms with E-state index in [1.54, 1.807) is 16.2 Å². The number of ether oxygens (including phenoxy) is 1. The molecule has 2 aromatic rings. The van der Waals surface area contributed by atoms with Gasteiger partial charge in [0.1, 0.15) is 11.0 Å². The lowest BCUT2D eigenvalue weighted by atomic mass is 10.1. The van der Waals surface area contributed by atoms with Crippen LogP contribution >= 0.6 is 11.3 Å². The number of aromatic nitrogens is 1. The molecule has 6 nitrogen and oxygen atoms in total. The van der Waals surface area contributed by atoms with Gasteiger partial charge in [-0.25, -0.2) is 4.98 Å². The van der Waals surface area contributed by atoms with E-state index in [2.05, 4.69) is 4.98 Å². The van der Waals surface area contributed by atoms with E-state index in [4.69, 9.17) is 4.74 Å². The van der Waals surface area contributed by atoms with Crippen molar-refractivity contribution in [3.05, 3.63) is 40.9 Å². The highest BCUT2D eigenvalue weighted by Gasteiger charge is 2.37. The van der Waals surface area contributed by atoms with E-state index >= 15 is 0 Å². The number of thiazole rings is 1. The average molecular weight is 385 g/mol. The molecule has 0 N–H and O–H groups in total. The molecule has 7 heteroatoms. The van der Waals surface area contributed by atoms with Crippen LogP contribution in [0.15, 0.2) is 29.6 Å². The van der Waals surface area contributed by atoms with Crippen LogP contribution in [0.5, 0.6) is 0 Å². The molecule has 4 rings (SSSR count). The van der Waals surface area contributed by atoms with Gasteiger partial charge in [0.15, 0.2) is 0 Å². The quantitative estimate of drug-likeness (QED) is 0.815. The van der Waals surface area contributed by atoms with E-state index in [0.717, 1.165) is 29.1 Å². The van der Waals surface area contributed by atoms with Gasteiger partial charge in [0, 0.05) is 41.8 Å². The van der Waals surface area contributed by atoms with Gasteiger partial charge < -0.3 is 14.5 Å². The van der Waals surface area contributed by atoms with E-state index in [0.29, 0.717) is 38.4 Å². The summed E-state index contributed by atoms with van der Waals surface area (Å²) >= 11 is 1.57. The van der Waals surface area contributed by atoms with E-state index in [1.165, 1.54) is 0 Å². The molecule has 0 unspecified atom stereocenters. The number of carbonyl (C=O) groups is 2. The highest BCUT2D eigenvalue weighted by Crippen LogP contribution is 2.27. The number of rotatable bonds is 3. The van der Waals surface area contributed by atoms with Crippen LogP contribution in [0.3, 0.4) is 0 Å². The van der Waals surface area contributed by atoms with Crippen molar-refractivity contribution in [3.63, 3.8) is 0 Å². The van der Waals surface area contributed by atoms with Crippen molar-refractivity contribution >= 4 is 23.2 Å². The molecule has 27 heavy (non-hydrogen) atoms. The van der Waals surface area contributed by atoms with Gasteiger partial charge in [-0.05, 0) is 31.9 Å². The second kappa shape index (κ2) is 7.78. The molecule has 1 atom stereocenters. The Morgan fingerprint density at radius 1 is 1.22 bits per heavy atom. The molecular weight excluding hydrogens is 362 g/mol. The fourth-order valence-corrected chi connectivity index (χ4v) is 4.49. The zero-order valence-electron chi connectivity index (χ0n) is 15.4. The summed E-state index contributed by atoms with van der Waals surface area (Å²) in [4.78, 5) is 34.1. The minimum absolute atomic E-state index is 0.0517. The van der Waals surface area contributed by atoms with E-state index in [-0.39, 0.29) is 17.9 Å². The number of benzene rings is 1. The summed E-state index contributed by atoms with van der Waals surface area (Å²) in [5.74, 6) is -0.0231. The minimum atomic E-state index is -0.360. The highest BCUT2D eigenvalue weighted by molar-refractivity contribution is 7.13. The van der Waals surface area contributed by atoms with Crippen molar-refractivity contribution in [1.29, 1.82) is 0 Å². The molecule has 3 heterocycles. The first-order valence-corrected chi connectivity index (χ1v) is 10.2. The zero-order valence-corrected chi connectivity index (χ0v) is 16.2. The Kier molecular flexibility index (Phi) is 5.22. The molecule has 2 amide bonds. The van der Waals surface area contributed by atoms with Crippen LogP contribution in [0.4, 0.5) is 0 Å². The zero-order chi connectivity index (χ0) is 18.8. The fourth-order valence-electron chi connectivity index (χ4n) is 3.70. The van der Waals surface area contributed by atoms with Crippen LogP contribution in [0.2, 0.25) is 0 Å². The Morgan fingerprint density at radius 3 is 2.78 bits per heavy atom. The molecule has 0 bridgehead atoms. The third-order valence-corrected chi connectivity index (χ3v) is 6.11. The topological polar surface area (TPSA) is 62.7 Å². The largest absolute Gasteiger partial charge is 0.378 e. The Morgan fingerprint density at radius 2 is 2.04 bits per heavy atom. The lowest BCUT2D eigenvalue weighted by Gasteiger charge is -2.32. The monoisotopic (exact) mass is 385 g/mol. The summed E-state index contributed by atoms with van der Waals surface area (Å²) in [6.45, 7) is 4.94. The van der Waals surface area contributed by atoms with Crippen molar-refractivity contribution in [2.45, 2.75) is 25.8 Å². The maximum absolute atomic E-state index is 13.1. The van der Waals surface area contributed by atoms with Crippen molar-refractivity contribution in [1.82, 2.24) is 14.8 Å². The first-order chi connectivity index (χ1) is 13.1. The number of hydrogen-bond acceptors (Lipinski definition) is 5. The Bertz CT molecular complexity index is 845. The van der Waals surface area contributed by atoms with Crippen molar-refractivity contribution in [2.75, 3.05) is 32.8 Å². The number of carbonyl (C=O) groups excluding carboxylic acids is 2. The van der Waals surface area contributed by atoms with Crippen LogP contribution in [-0.2, 0) is 9.53 Å². The maximum atomic E-state index is 13.1. The van der Waals surface area contributed by atoms with Gasteiger partial charge in [-0.3, -0.25) is 9.59 Å². The number of aryl methyl sites for hydroxylation is 1. The molecule has 2 saturated heterocycles. The Balaban J connectivity index is 1.53. The van der Waals surface area contributed by atoms with Gasteiger partial charge >= 0.3 is 0 Å². The molecule has 2 aliphatic heterocycles. The van der Waals surface area contributed by atoms with Crippen molar-refractivity contribution in [2.24, 2.45) is 0 Å². The number of hydrogen-bond donors (Lipinski definition) is 0. The molecule has 1 aromatic carbocycles. The van der Waals surface area contributed by atoms with Gasteiger partial charge in [0.2, 0.25) is 5.91 Å². The summed E-state index contributed by atoms with van der Waals surface area (Å²) in [6, 6.07) is 7.20. The Hall–Kier alpha value is -2.25. The summed E-state index contributed by atoms with van der Waals surface area (Å²) < 4.78 is 5.33. The molecule has 0 spiro atoms. The second-order valence-corrected chi connectivity index (χ2v) is 7.83. The van der Waals surface area contributed by atoms with Crippen LogP contribution in [0.25, 0.3) is 10.6 Å². The van der Waals surface area contributed by atoms with Crippen LogP contribution in [-0.4, -0.2) is 65.5 Å². The van der Waals surface area contributed by atoms with Gasteiger partial charge in [0.25, 0.3) is 5.91 Å². The predicted molar refractivity (Wildman–Crippen MR) is 104 cm³/mol. The van der Waals surface area contributed by atoms with Crippen LogP contribution in [0.1, 0.15) is 28.9 Å². The third-order valence-electron chi connectivity index (χ3n) is 5.10. The summed E-state index contributed by atoms with van der Waals surface area (Å²) in [5, 5.41) is 2.91. The molecule has 0 saturated carbocycles. The smallest absolute Gasteiger partial charge is 0.254 e. The lowest BCUT2D eigenvalue weighted by Crippen LogP contribution is -2.51. The van der Waals surface area contributed by atoms with Gasteiger partial charge in [-0.2, -0.15) is 0 Å². The summed E-state index contributed by atoms with van der Waals surface area (Å²) in [6.07, 6.45) is 1.59. The van der Waals surface area contributed by atoms with Gasteiger partial charge in [0.05, 0.1) is 13.2 Å². The number of amides is 2. The Labute approximate surface area is 162 Å². The van der Waals surface area contributed by atoms with Crippen molar-refractivity contribution in [3.8, 4) is 10.6 Å². The average Bonchev–Trinajstić information content (AvgIpc) is 3.37. The number of morpholine rings is 1. The SMILES string of the molecule is Cc1csc(-c2cccc(C(=O)N3CCC[C@@H]3C(=O)N3CCOCC3)c2)n1. The number of nitrogens with zero attached hydrogens (tertiary/aromatic N) is 3. The molecule has 0 aliphatic carbocycles. The summed E-state index contributed by atoms with van der Waals surface area (Å²) in [7, 11) is 0. The van der Waals surface area contributed by atoms with Gasteiger partial charge in [-0.15, -0.1) is 11.3 Å². The van der Waals surface area contributed by atoms with E-state index in [1.807, 2.05) is 41.5 Å². The molecule has 0 radical (unpaired) electrons. The van der Waals surface area contributed by atoms with Crippen LogP contribution < -0.4 is 0 Å². The number of likely N-dealkylation sites (tertiary alicyclic amines) is 1. The standard InChI is InChI=1S/C20H23N3O3S/c1-14-13-27-18(21-14)15-4-2-5-16(12-15)19(24)23-7-3-6-17(23)20(25)22-8-10-26-11-9-22/h2,4-5,12-13,17H,3,6-11H2,1H3/t17-/m1/s1. The van der Waals surface area contributed by atoms with E-state index in [9.17, 15) is 9.59 Å². The molecule has 2 aliphatic rings. The van der Waals surface area contributed by atoms with E-state index < -0.39 is 0 Å². The van der Waals surface area contributed by atoms with Gasteiger partial charge in [-0.1, -0.05) is 12.1 Å². The molecule has 142 valence electrons. The summed E-state index contributed by atoms with van der Waals surface area (Å²) in [5.41, 5.74) is 2.53. The molecular formula is C20H23N3O3S. The third kappa shape index (κ3) is 3.75. The van der Waals surface area contributed by atoms with Crippen LogP contribution in [0, 0.1) is 6.92 Å². The highest BCUT2D eigenvalue weighted by atomic mass is 32.1. The lowest BCUT2D eigenvalue weighted by molar-refractivity contribution is -0.139. The maximum Gasteiger partial charge on any atom is 0.254 e. The minimum Gasteiger partial charge on any atom is -0.378 e. The first kappa shape index (κ1) is 18.1. The first-order valence-electron chi connectivity index (χ1n) is 9.33. The normalized spacial score (nSPS) is 20.1. The predicted octanol–water partition coefficient (Wildman–Crippen LogP) is 2.58. The second-order valence-electron chi connectivity index (χ2n) is 6.97. The van der Waals surface area contributed by atoms with Crippen molar-refractivity contribution < 1.29 is 14.3 Å².